The summed E-state index contributed by atoms with van der Waals surface area (Å²) in [6.07, 6.45) is 14.9. The van der Waals surface area contributed by atoms with Crippen LogP contribution in [0.15, 0.2) is 72.2 Å². The van der Waals surface area contributed by atoms with Crippen molar-refractivity contribution in [3.05, 3.63) is 72.2 Å². The third-order valence-electron chi connectivity index (χ3n) is 2.23. The normalized spacial score (nSPS) is 14.5. The number of rotatable bonds is 7. The highest BCUT2D eigenvalue weighted by Crippen LogP contribution is 2.13. The monoisotopic (exact) mass is 245 g/mol. The minimum atomic E-state index is 0.435. The lowest BCUT2D eigenvalue weighted by Crippen LogP contribution is -2.02. The third kappa shape index (κ3) is 5.94. The zero-order chi connectivity index (χ0) is 13.8. The van der Waals surface area contributed by atoms with Crippen LogP contribution in [-0.2, 0) is 4.74 Å². The average Bonchev–Trinajstić information content (AvgIpc) is 2.38. The molecule has 0 atom stereocenters. The molecule has 0 rings (SSSR count). The van der Waals surface area contributed by atoms with E-state index in [0.717, 1.165) is 16.9 Å². The molecule has 0 saturated carbocycles. The van der Waals surface area contributed by atoms with E-state index in [4.69, 9.17) is 10.5 Å². The molecule has 0 fully saturated rings. The molecule has 0 aliphatic heterocycles. The Labute approximate surface area is 111 Å². The van der Waals surface area contributed by atoms with E-state index in [1.165, 1.54) is 0 Å². The highest BCUT2D eigenvalue weighted by molar-refractivity contribution is 5.41. The second-order valence-electron chi connectivity index (χ2n) is 3.53. The highest BCUT2D eigenvalue weighted by Gasteiger charge is 2.02. The molecule has 2 nitrogen and oxygen atoms in total. The first-order chi connectivity index (χ1) is 8.73. The van der Waals surface area contributed by atoms with Gasteiger partial charge in [-0.3, -0.25) is 0 Å². The fraction of sp³-hybridized carbons (Fsp3) is 0.250. The van der Waals surface area contributed by atoms with Gasteiger partial charge in [0.05, 0.1) is 0 Å². The fourth-order valence-corrected chi connectivity index (χ4v) is 1.36. The van der Waals surface area contributed by atoms with Crippen LogP contribution in [0, 0.1) is 0 Å². The van der Waals surface area contributed by atoms with Gasteiger partial charge in [0.15, 0.2) is 0 Å². The van der Waals surface area contributed by atoms with E-state index < -0.39 is 0 Å². The summed E-state index contributed by atoms with van der Waals surface area (Å²) in [6.45, 7) is 9.99. The topological polar surface area (TPSA) is 35.2 Å². The van der Waals surface area contributed by atoms with E-state index in [1.54, 1.807) is 12.3 Å². The van der Waals surface area contributed by atoms with Gasteiger partial charge in [0.25, 0.3) is 0 Å². The Morgan fingerprint density at radius 2 is 1.83 bits per heavy atom. The van der Waals surface area contributed by atoms with Crippen LogP contribution in [0.2, 0.25) is 0 Å². The maximum Gasteiger partial charge on any atom is 0.115 e. The second kappa shape index (κ2) is 10.2. The molecule has 0 aliphatic carbocycles. The largest absolute Gasteiger partial charge is 0.489 e. The zero-order valence-corrected chi connectivity index (χ0v) is 11.5. The smallest absolute Gasteiger partial charge is 0.115 e. The predicted octanol–water partition coefficient (Wildman–Crippen LogP) is 4.01. The number of hydrogen-bond acceptors (Lipinski definition) is 2. The Bertz CT molecular complexity index is 395. The molecule has 0 aromatic rings. The molecular formula is C16H23NO. The molecule has 2 N–H and O–H groups in total. The lowest BCUT2D eigenvalue weighted by atomic mass is 10.1. The van der Waals surface area contributed by atoms with Crippen molar-refractivity contribution in [2.75, 3.05) is 6.61 Å². The summed E-state index contributed by atoms with van der Waals surface area (Å²) in [5, 5.41) is 0. The summed E-state index contributed by atoms with van der Waals surface area (Å²) >= 11 is 0. The van der Waals surface area contributed by atoms with Crippen LogP contribution < -0.4 is 5.73 Å². The maximum absolute atomic E-state index is 5.68. The zero-order valence-electron chi connectivity index (χ0n) is 11.5. The summed E-state index contributed by atoms with van der Waals surface area (Å²) in [5.41, 5.74) is 7.58. The quantitative estimate of drug-likeness (QED) is 0.543. The molecule has 0 unspecified atom stereocenters. The molecular weight excluding hydrogens is 222 g/mol. The van der Waals surface area contributed by atoms with Gasteiger partial charge in [0.2, 0.25) is 0 Å². The van der Waals surface area contributed by atoms with E-state index >= 15 is 0 Å². The van der Waals surface area contributed by atoms with Crippen molar-refractivity contribution in [3.8, 4) is 0 Å². The number of hydrogen-bond donors (Lipinski definition) is 1. The van der Waals surface area contributed by atoms with E-state index in [9.17, 15) is 0 Å². The fourth-order valence-electron chi connectivity index (χ4n) is 1.36. The molecule has 0 aromatic heterocycles. The molecule has 0 saturated heterocycles. The maximum atomic E-state index is 5.68. The van der Waals surface area contributed by atoms with E-state index in [-0.39, 0.29) is 0 Å². The van der Waals surface area contributed by atoms with Crippen molar-refractivity contribution < 1.29 is 4.74 Å². The average molecular weight is 245 g/mol. The molecule has 0 amide bonds. The minimum Gasteiger partial charge on any atom is -0.489 e. The molecule has 0 heterocycles. The Morgan fingerprint density at radius 3 is 2.28 bits per heavy atom. The van der Waals surface area contributed by atoms with Gasteiger partial charge in [-0.15, -0.1) is 0 Å². The van der Waals surface area contributed by atoms with Crippen molar-refractivity contribution in [1.29, 1.82) is 0 Å². The molecule has 2 heteroatoms. The van der Waals surface area contributed by atoms with Crippen molar-refractivity contribution >= 4 is 0 Å². The van der Waals surface area contributed by atoms with Crippen molar-refractivity contribution in [3.63, 3.8) is 0 Å². The van der Waals surface area contributed by atoms with Crippen LogP contribution >= 0.6 is 0 Å². The van der Waals surface area contributed by atoms with Gasteiger partial charge in [-0.05, 0) is 38.5 Å². The number of allylic oxidation sites excluding steroid dienone is 7. The van der Waals surface area contributed by atoms with E-state index in [2.05, 4.69) is 6.58 Å². The Balaban J connectivity index is 4.81. The van der Waals surface area contributed by atoms with Crippen LogP contribution in [-0.4, -0.2) is 6.61 Å². The molecule has 0 bridgehead atoms. The molecule has 98 valence electrons. The van der Waals surface area contributed by atoms with Gasteiger partial charge >= 0.3 is 0 Å². The second-order valence-corrected chi connectivity index (χ2v) is 3.53. The van der Waals surface area contributed by atoms with Crippen LogP contribution in [0.25, 0.3) is 0 Å². The van der Waals surface area contributed by atoms with Gasteiger partial charge in [0.1, 0.15) is 12.4 Å². The summed E-state index contributed by atoms with van der Waals surface area (Å²) in [5.74, 6) is 0.829. The highest BCUT2D eigenvalue weighted by atomic mass is 16.5. The predicted molar refractivity (Wildman–Crippen MR) is 79.9 cm³/mol. The van der Waals surface area contributed by atoms with Gasteiger partial charge in [-0.2, -0.15) is 0 Å². The van der Waals surface area contributed by atoms with Gasteiger partial charge in [0, 0.05) is 11.8 Å². The van der Waals surface area contributed by atoms with Crippen LogP contribution in [0.4, 0.5) is 0 Å². The van der Waals surface area contributed by atoms with Crippen molar-refractivity contribution in [2.45, 2.75) is 20.8 Å². The number of nitrogens with two attached hydrogens (primary N) is 1. The molecule has 0 aromatic carbocycles. The lowest BCUT2D eigenvalue weighted by molar-refractivity contribution is 0.254. The summed E-state index contributed by atoms with van der Waals surface area (Å²) in [6, 6.07) is 0. The van der Waals surface area contributed by atoms with Crippen LogP contribution in [0.1, 0.15) is 20.8 Å². The lowest BCUT2D eigenvalue weighted by Gasteiger charge is -2.10. The molecule has 18 heavy (non-hydrogen) atoms. The third-order valence-corrected chi connectivity index (χ3v) is 2.23. The van der Waals surface area contributed by atoms with Gasteiger partial charge in [-0.1, -0.05) is 37.0 Å². The molecule has 0 aliphatic rings. The van der Waals surface area contributed by atoms with Crippen LogP contribution in [0.3, 0.4) is 0 Å². The summed E-state index contributed by atoms with van der Waals surface area (Å²) in [7, 11) is 0. The van der Waals surface area contributed by atoms with E-state index in [1.807, 2.05) is 57.2 Å². The first-order valence-corrected chi connectivity index (χ1v) is 6.01. The standard InChI is InChI=1S/C16H23NO/c1-5-9-14(10-6-2)15(12-17)13-18-16(8-4)11-7-3/h5-12H,1,13,17H2,2-4H3/b10-6-,11-7-,14-9+,15-12-,16-8+. The van der Waals surface area contributed by atoms with E-state index in [0.29, 0.717) is 6.61 Å². The Hall–Kier alpha value is -1.96. The Morgan fingerprint density at radius 1 is 1.17 bits per heavy atom. The minimum absolute atomic E-state index is 0.435. The van der Waals surface area contributed by atoms with Gasteiger partial charge in [-0.25, -0.2) is 0 Å². The van der Waals surface area contributed by atoms with Gasteiger partial charge < -0.3 is 10.5 Å². The first kappa shape index (κ1) is 16.0. The van der Waals surface area contributed by atoms with Crippen LogP contribution in [0.5, 0.6) is 0 Å². The van der Waals surface area contributed by atoms with Crippen molar-refractivity contribution in [2.24, 2.45) is 5.73 Å². The summed E-state index contributed by atoms with van der Waals surface area (Å²) in [4.78, 5) is 0. The summed E-state index contributed by atoms with van der Waals surface area (Å²) < 4.78 is 5.68. The molecule has 0 spiro atoms. The SMILES string of the molecule is C=C/C=C(\C=C/C)C(=C\N)/COC(/C=C\C)=C/C. The first-order valence-electron chi connectivity index (χ1n) is 6.01. The van der Waals surface area contributed by atoms with Crippen molar-refractivity contribution in [1.82, 2.24) is 0 Å². The number of ether oxygens (including phenoxy) is 1. The Kier molecular flexibility index (Phi) is 9.10. The molecule has 0 radical (unpaired) electrons.